The molecule has 3 nitrogen and oxygen atoms in total. The fourth-order valence-corrected chi connectivity index (χ4v) is 1.33. The van der Waals surface area contributed by atoms with Gasteiger partial charge in [-0.25, -0.2) is 4.39 Å². The molecule has 1 aromatic carbocycles. The van der Waals surface area contributed by atoms with E-state index < -0.39 is 0 Å². The summed E-state index contributed by atoms with van der Waals surface area (Å²) >= 11 is 0. The molecular formula is C12H17FN2O. The molecule has 88 valence electrons. The molecule has 0 aromatic heterocycles. The van der Waals surface area contributed by atoms with E-state index in [4.69, 9.17) is 0 Å². The molecule has 2 N–H and O–H groups in total. The van der Waals surface area contributed by atoms with Gasteiger partial charge >= 0.3 is 0 Å². The van der Waals surface area contributed by atoms with E-state index in [-0.39, 0.29) is 23.8 Å². The lowest BCUT2D eigenvalue weighted by Gasteiger charge is -2.17. The molecule has 0 fully saturated rings. The molecule has 0 radical (unpaired) electrons. The largest absolute Gasteiger partial charge is 0.348 e. The fraction of sp³-hybridized carbons (Fsp3) is 0.417. The Kier molecular flexibility index (Phi) is 4.43. The monoisotopic (exact) mass is 224 g/mol. The van der Waals surface area contributed by atoms with Gasteiger partial charge in [-0.05, 0) is 38.6 Å². The number of hydrogen-bond acceptors (Lipinski definition) is 2. The van der Waals surface area contributed by atoms with Crippen LogP contribution >= 0.6 is 0 Å². The Hall–Kier alpha value is -1.42. The predicted octanol–water partition coefficient (Wildman–Crippen LogP) is 1.61. The average Bonchev–Trinajstić information content (AvgIpc) is 2.27. The number of halogens is 1. The van der Waals surface area contributed by atoms with E-state index in [9.17, 15) is 9.18 Å². The van der Waals surface area contributed by atoms with Crippen LogP contribution in [0.5, 0.6) is 0 Å². The SMILES string of the molecule is CNC(C)C(=O)N[C@@H](C)c1cccc(F)c1. The molecule has 2 atom stereocenters. The van der Waals surface area contributed by atoms with E-state index in [1.165, 1.54) is 12.1 Å². The van der Waals surface area contributed by atoms with Gasteiger partial charge in [-0.15, -0.1) is 0 Å². The Morgan fingerprint density at radius 3 is 2.62 bits per heavy atom. The minimum Gasteiger partial charge on any atom is -0.348 e. The zero-order valence-corrected chi connectivity index (χ0v) is 9.75. The van der Waals surface area contributed by atoms with E-state index in [2.05, 4.69) is 10.6 Å². The summed E-state index contributed by atoms with van der Waals surface area (Å²) in [6.45, 7) is 3.60. The number of hydrogen-bond donors (Lipinski definition) is 2. The molecule has 1 aromatic rings. The predicted molar refractivity (Wildman–Crippen MR) is 61.5 cm³/mol. The smallest absolute Gasteiger partial charge is 0.237 e. The van der Waals surface area contributed by atoms with Crippen molar-refractivity contribution >= 4 is 5.91 Å². The average molecular weight is 224 g/mol. The van der Waals surface area contributed by atoms with Crippen LogP contribution in [-0.4, -0.2) is 19.0 Å². The Labute approximate surface area is 95.0 Å². The minimum atomic E-state index is -0.291. The summed E-state index contributed by atoms with van der Waals surface area (Å²) in [7, 11) is 1.72. The molecule has 0 bridgehead atoms. The number of carbonyl (C=O) groups excluding carboxylic acids is 1. The fourth-order valence-electron chi connectivity index (χ4n) is 1.33. The van der Waals surface area contributed by atoms with E-state index >= 15 is 0 Å². The molecule has 0 saturated carbocycles. The molecule has 4 heteroatoms. The summed E-state index contributed by atoms with van der Waals surface area (Å²) in [5.41, 5.74) is 0.761. The van der Waals surface area contributed by atoms with Crippen LogP contribution in [0.1, 0.15) is 25.5 Å². The van der Waals surface area contributed by atoms with Crippen molar-refractivity contribution in [2.45, 2.75) is 25.9 Å². The van der Waals surface area contributed by atoms with Gasteiger partial charge in [0.1, 0.15) is 5.82 Å². The van der Waals surface area contributed by atoms with Gasteiger partial charge in [-0.3, -0.25) is 4.79 Å². The molecule has 0 aliphatic rings. The third-order valence-corrected chi connectivity index (χ3v) is 2.53. The van der Waals surface area contributed by atoms with Crippen molar-refractivity contribution < 1.29 is 9.18 Å². The Morgan fingerprint density at radius 2 is 2.06 bits per heavy atom. The maximum absolute atomic E-state index is 13.0. The quantitative estimate of drug-likeness (QED) is 0.815. The van der Waals surface area contributed by atoms with E-state index in [0.717, 1.165) is 5.56 Å². The molecule has 16 heavy (non-hydrogen) atoms. The van der Waals surface area contributed by atoms with Crippen LogP contribution in [0.4, 0.5) is 4.39 Å². The molecule has 1 unspecified atom stereocenters. The third-order valence-electron chi connectivity index (χ3n) is 2.53. The van der Waals surface area contributed by atoms with Gasteiger partial charge in [0, 0.05) is 0 Å². The first-order valence-corrected chi connectivity index (χ1v) is 5.27. The molecule has 1 amide bonds. The highest BCUT2D eigenvalue weighted by molar-refractivity contribution is 5.81. The van der Waals surface area contributed by atoms with Crippen LogP contribution < -0.4 is 10.6 Å². The number of likely N-dealkylation sites (N-methyl/N-ethyl adjacent to an activating group) is 1. The van der Waals surface area contributed by atoms with Gasteiger partial charge in [-0.2, -0.15) is 0 Å². The third kappa shape index (κ3) is 3.31. The van der Waals surface area contributed by atoms with Crippen LogP contribution in [-0.2, 0) is 4.79 Å². The summed E-state index contributed by atoms with van der Waals surface area (Å²) in [5, 5.41) is 5.65. The van der Waals surface area contributed by atoms with Crippen LogP contribution in [0.2, 0.25) is 0 Å². The van der Waals surface area contributed by atoms with Gasteiger partial charge in [0.25, 0.3) is 0 Å². The summed E-state index contributed by atoms with van der Waals surface area (Å²) < 4.78 is 13.0. The van der Waals surface area contributed by atoms with Crippen LogP contribution in [0.3, 0.4) is 0 Å². The first-order valence-electron chi connectivity index (χ1n) is 5.27. The molecule has 0 spiro atoms. The Bertz CT molecular complexity index is 368. The van der Waals surface area contributed by atoms with Crippen LogP contribution in [0.25, 0.3) is 0 Å². The molecule has 0 aliphatic heterocycles. The Balaban J connectivity index is 2.65. The van der Waals surface area contributed by atoms with Crippen molar-refractivity contribution in [2.75, 3.05) is 7.05 Å². The van der Waals surface area contributed by atoms with Crippen LogP contribution in [0.15, 0.2) is 24.3 Å². The maximum atomic E-state index is 13.0. The van der Waals surface area contributed by atoms with Crippen molar-refractivity contribution in [2.24, 2.45) is 0 Å². The number of nitrogens with one attached hydrogen (secondary N) is 2. The second-order valence-electron chi connectivity index (χ2n) is 3.80. The molecular weight excluding hydrogens is 207 g/mol. The van der Waals surface area contributed by atoms with Crippen molar-refractivity contribution in [3.63, 3.8) is 0 Å². The zero-order valence-electron chi connectivity index (χ0n) is 9.75. The highest BCUT2D eigenvalue weighted by Gasteiger charge is 2.14. The lowest BCUT2D eigenvalue weighted by atomic mass is 10.1. The first-order chi connectivity index (χ1) is 7.54. The van der Waals surface area contributed by atoms with E-state index in [1.54, 1.807) is 26.1 Å². The number of amides is 1. The molecule has 1 rings (SSSR count). The topological polar surface area (TPSA) is 41.1 Å². The standard InChI is InChI=1S/C12H17FN2O/c1-8(15-12(16)9(2)14-3)10-5-4-6-11(13)7-10/h4-9,14H,1-3H3,(H,15,16)/t8-,9?/m0/s1. The highest BCUT2D eigenvalue weighted by Crippen LogP contribution is 2.13. The summed E-state index contributed by atoms with van der Waals surface area (Å²) in [4.78, 5) is 11.6. The van der Waals surface area contributed by atoms with Crippen molar-refractivity contribution in [1.82, 2.24) is 10.6 Å². The lowest BCUT2D eigenvalue weighted by Crippen LogP contribution is -2.41. The van der Waals surface area contributed by atoms with Crippen molar-refractivity contribution in [3.8, 4) is 0 Å². The number of carbonyl (C=O) groups is 1. The van der Waals surface area contributed by atoms with Crippen molar-refractivity contribution in [1.29, 1.82) is 0 Å². The number of rotatable bonds is 4. The molecule has 0 heterocycles. The van der Waals surface area contributed by atoms with Crippen LogP contribution in [0, 0.1) is 5.82 Å². The van der Waals surface area contributed by atoms with E-state index in [1.807, 2.05) is 6.92 Å². The summed E-state index contributed by atoms with van der Waals surface area (Å²) in [6.07, 6.45) is 0. The normalized spacial score (nSPS) is 14.2. The summed E-state index contributed by atoms with van der Waals surface area (Å²) in [6, 6.07) is 5.78. The lowest BCUT2D eigenvalue weighted by molar-refractivity contribution is -0.123. The van der Waals surface area contributed by atoms with Gasteiger partial charge in [0.15, 0.2) is 0 Å². The Morgan fingerprint density at radius 1 is 1.38 bits per heavy atom. The number of benzene rings is 1. The van der Waals surface area contributed by atoms with Gasteiger partial charge in [-0.1, -0.05) is 12.1 Å². The first kappa shape index (κ1) is 12.6. The van der Waals surface area contributed by atoms with Gasteiger partial charge in [0.2, 0.25) is 5.91 Å². The second kappa shape index (κ2) is 5.61. The minimum absolute atomic E-state index is 0.0979. The van der Waals surface area contributed by atoms with Gasteiger partial charge < -0.3 is 10.6 Å². The second-order valence-corrected chi connectivity index (χ2v) is 3.80. The van der Waals surface area contributed by atoms with Crippen molar-refractivity contribution in [3.05, 3.63) is 35.6 Å². The maximum Gasteiger partial charge on any atom is 0.237 e. The summed E-state index contributed by atoms with van der Waals surface area (Å²) in [5.74, 6) is -0.389. The molecule has 0 aliphatic carbocycles. The highest BCUT2D eigenvalue weighted by atomic mass is 19.1. The molecule has 0 saturated heterocycles. The zero-order chi connectivity index (χ0) is 12.1. The van der Waals surface area contributed by atoms with E-state index in [0.29, 0.717) is 0 Å². The van der Waals surface area contributed by atoms with Gasteiger partial charge in [0.05, 0.1) is 12.1 Å².